The maximum absolute atomic E-state index is 7.01. The van der Waals surface area contributed by atoms with E-state index in [1.54, 1.807) is 0 Å². The van der Waals surface area contributed by atoms with Gasteiger partial charge in [0.15, 0.2) is 0 Å². The smallest absolute Gasteiger partial charge is 0.104 e. The third kappa shape index (κ3) is 7.20. The van der Waals surface area contributed by atoms with Gasteiger partial charge in [0.2, 0.25) is 0 Å². The summed E-state index contributed by atoms with van der Waals surface area (Å²) in [6.45, 7) is 8.06. The summed E-state index contributed by atoms with van der Waals surface area (Å²) in [5.41, 5.74) is -1.32. The van der Waals surface area contributed by atoms with Crippen molar-refractivity contribution in [3.63, 3.8) is 0 Å². The largest absolute Gasteiger partial charge is 0.378 e. The molecule has 7 fully saturated rings. The average molecular weight is 529 g/mol. The fourth-order valence-electron chi connectivity index (χ4n) is 5.42. The molecule has 8 unspecified atom stereocenters. The summed E-state index contributed by atoms with van der Waals surface area (Å²) in [6, 6.07) is 0. The lowest BCUT2D eigenvalue weighted by atomic mass is 9.63. The number of rotatable bonds is 22. The average Bonchev–Trinajstić information content (AvgIpc) is 3.71. The van der Waals surface area contributed by atoms with Crippen molar-refractivity contribution in [1.82, 2.24) is 0 Å². The van der Waals surface area contributed by atoms with Gasteiger partial charge in [-0.15, -0.1) is 0 Å². The summed E-state index contributed by atoms with van der Waals surface area (Å²) < 4.78 is 66.0. The normalized spacial score (nSPS) is 40.4. The molecule has 0 aliphatic carbocycles. The molecule has 7 aliphatic heterocycles. The van der Waals surface area contributed by atoms with Gasteiger partial charge in [-0.25, -0.2) is 0 Å². The first-order chi connectivity index (χ1) is 18.2. The summed E-state index contributed by atoms with van der Waals surface area (Å²) in [5, 5.41) is 0. The third-order valence-electron chi connectivity index (χ3n) is 8.29. The first-order valence-corrected chi connectivity index (χ1v) is 13.9. The molecule has 0 bridgehead atoms. The first kappa shape index (κ1) is 25.5. The van der Waals surface area contributed by atoms with Crippen molar-refractivity contribution in [3.8, 4) is 0 Å². The van der Waals surface area contributed by atoms with Crippen LogP contribution in [-0.2, 0) is 52.1 Å². The van der Waals surface area contributed by atoms with Crippen molar-refractivity contribution in [1.29, 1.82) is 0 Å². The third-order valence-corrected chi connectivity index (χ3v) is 8.29. The molecule has 0 aromatic heterocycles. The van der Waals surface area contributed by atoms with Crippen molar-refractivity contribution in [2.24, 2.45) is 5.41 Å². The van der Waals surface area contributed by atoms with Gasteiger partial charge in [0.1, 0.15) is 24.4 Å². The van der Waals surface area contributed by atoms with E-state index < -0.39 is 11.0 Å². The van der Waals surface area contributed by atoms with Crippen LogP contribution in [0.1, 0.15) is 19.3 Å². The topological polar surface area (TPSA) is 125 Å². The highest BCUT2D eigenvalue weighted by atomic mass is 16.6. The summed E-state index contributed by atoms with van der Waals surface area (Å²) in [5.74, 6) is 0. The van der Waals surface area contributed by atoms with E-state index in [0.717, 1.165) is 65.5 Å². The van der Waals surface area contributed by atoms with Crippen LogP contribution in [0.4, 0.5) is 0 Å². The molecule has 11 heteroatoms. The van der Waals surface area contributed by atoms with Gasteiger partial charge < -0.3 is 52.1 Å². The molecule has 0 N–H and O–H groups in total. The molecule has 37 heavy (non-hydrogen) atoms. The van der Waals surface area contributed by atoms with Gasteiger partial charge in [0, 0.05) is 19.3 Å². The molecular formula is C26H40O11. The Balaban J connectivity index is 1.23. The summed E-state index contributed by atoms with van der Waals surface area (Å²) in [7, 11) is 0. The van der Waals surface area contributed by atoms with E-state index in [-0.39, 0.29) is 48.8 Å². The molecule has 8 atom stereocenters. The van der Waals surface area contributed by atoms with Gasteiger partial charge in [0.25, 0.3) is 0 Å². The van der Waals surface area contributed by atoms with Gasteiger partial charge in [0.05, 0.1) is 121 Å². The zero-order valence-electron chi connectivity index (χ0n) is 21.4. The summed E-state index contributed by atoms with van der Waals surface area (Å²) in [6.07, 6.45) is 2.90. The molecule has 7 heterocycles. The van der Waals surface area contributed by atoms with E-state index in [2.05, 4.69) is 0 Å². The Morgan fingerprint density at radius 1 is 0.541 bits per heavy atom. The van der Waals surface area contributed by atoms with Crippen LogP contribution in [0.25, 0.3) is 0 Å². The van der Waals surface area contributed by atoms with Crippen molar-refractivity contribution in [2.45, 2.75) is 73.7 Å². The van der Waals surface area contributed by atoms with Gasteiger partial charge in [-0.3, -0.25) is 0 Å². The molecule has 7 saturated heterocycles. The van der Waals surface area contributed by atoms with Crippen LogP contribution in [0.2, 0.25) is 0 Å². The van der Waals surface area contributed by atoms with Crippen molar-refractivity contribution in [2.75, 3.05) is 85.9 Å². The molecule has 0 amide bonds. The fourth-order valence-corrected chi connectivity index (χ4v) is 5.42. The van der Waals surface area contributed by atoms with Crippen LogP contribution in [-0.4, -0.2) is 140 Å². The Hall–Kier alpha value is -0.440. The van der Waals surface area contributed by atoms with Crippen LogP contribution in [0.3, 0.4) is 0 Å². The lowest BCUT2D eigenvalue weighted by Gasteiger charge is -2.53. The minimum absolute atomic E-state index is 0.116. The fraction of sp³-hybridized carbons (Fsp3) is 1.00. The monoisotopic (exact) mass is 528 g/mol. The Morgan fingerprint density at radius 3 is 1.43 bits per heavy atom. The molecule has 0 spiro atoms. The Morgan fingerprint density at radius 2 is 0.973 bits per heavy atom. The molecule has 11 nitrogen and oxygen atoms in total. The first-order valence-electron chi connectivity index (χ1n) is 13.9. The minimum atomic E-state index is -0.667. The number of hydrogen-bond acceptors (Lipinski definition) is 11. The van der Waals surface area contributed by atoms with Crippen LogP contribution < -0.4 is 0 Å². The molecule has 210 valence electrons. The quantitative estimate of drug-likeness (QED) is 0.178. The van der Waals surface area contributed by atoms with Crippen molar-refractivity contribution < 1.29 is 52.1 Å². The lowest BCUT2D eigenvalue weighted by molar-refractivity contribution is -0.244. The lowest BCUT2D eigenvalue weighted by Crippen LogP contribution is -2.64. The molecule has 7 aliphatic rings. The minimum Gasteiger partial charge on any atom is -0.378 e. The summed E-state index contributed by atoms with van der Waals surface area (Å²) >= 11 is 0. The summed E-state index contributed by atoms with van der Waals surface area (Å²) in [4.78, 5) is 0. The number of ether oxygens (including phenoxy) is 11. The standard InChI is InChI=1S/C26H40O11/c1(17-6-29-17)24(36-13-22-11-34-22)25(15-27-4-20-9-32-20,16-28-5-21-10-33-21)26(2-18-7-30-18,3-19-8-31-19)37-14-23-12-35-23/h17-24H,1-16H2. The molecular weight excluding hydrogens is 488 g/mol. The van der Waals surface area contributed by atoms with E-state index in [1.807, 2.05) is 0 Å². The maximum Gasteiger partial charge on any atom is 0.104 e. The second-order valence-electron chi connectivity index (χ2n) is 11.6. The Labute approximate surface area is 217 Å². The zero-order valence-corrected chi connectivity index (χ0v) is 21.4. The van der Waals surface area contributed by atoms with Crippen LogP contribution in [0, 0.1) is 5.41 Å². The molecule has 0 aromatic carbocycles. The Bertz CT molecular complexity index is 722. The van der Waals surface area contributed by atoms with Gasteiger partial charge in [-0.1, -0.05) is 0 Å². The van der Waals surface area contributed by atoms with Crippen molar-refractivity contribution >= 4 is 0 Å². The van der Waals surface area contributed by atoms with Crippen LogP contribution in [0.5, 0.6) is 0 Å². The van der Waals surface area contributed by atoms with Gasteiger partial charge in [-0.2, -0.15) is 0 Å². The maximum atomic E-state index is 7.01. The number of hydrogen-bond donors (Lipinski definition) is 0. The van der Waals surface area contributed by atoms with Gasteiger partial charge >= 0.3 is 0 Å². The highest BCUT2D eigenvalue weighted by molar-refractivity contribution is 5.10. The molecule has 0 aromatic rings. The Kier molecular flexibility index (Phi) is 7.49. The highest BCUT2D eigenvalue weighted by Gasteiger charge is 2.62. The van der Waals surface area contributed by atoms with Crippen LogP contribution in [0.15, 0.2) is 0 Å². The van der Waals surface area contributed by atoms with E-state index in [0.29, 0.717) is 39.6 Å². The van der Waals surface area contributed by atoms with Crippen LogP contribution >= 0.6 is 0 Å². The van der Waals surface area contributed by atoms with Crippen molar-refractivity contribution in [3.05, 3.63) is 0 Å². The number of epoxide rings is 7. The van der Waals surface area contributed by atoms with E-state index >= 15 is 0 Å². The molecule has 7 rings (SSSR count). The zero-order chi connectivity index (χ0) is 24.7. The molecule has 0 saturated carbocycles. The predicted octanol–water partition coefficient (Wildman–Crippen LogP) is 0.109. The van der Waals surface area contributed by atoms with Gasteiger partial charge in [-0.05, 0) is 0 Å². The predicted molar refractivity (Wildman–Crippen MR) is 125 cm³/mol. The van der Waals surface area contributed by atoms with E-state index in [9.17, 15) is 0 Å². The van der Waals surface area contributed by atoms with E-state index in [4.69, 9.17) is 52.1 Å². The van der Waals surface area contributed by atoms with E-state index in [1.165, 1.54) is 0 Å². The second-order valence-corrected chi connectivity index (χ2v) is 11.6. The SMILES string of the molecule is C(OCC(COCC1CO1)(C(CC1CO1)OCC1CO1)C(CC1CO1)(CC1CO1)OCC1CO1)C1CO1. The second kappa shape index (κ2) is 10.9. The highest BCUT2D eigenvalue weighted by Crippen LogP contribution is 2.51. The molecule has 0 radical (unpaired) electrons.